The molecule has 0 spiro atoms. The van der Waals surface area contributed by atoms with Crippen LogP contribution in [0.4, 0.5) is 0 Å². The largest absolute Gasteiger partial charge is 0.339 e. The lowest BCUT2D eigenvalue weighted by Crippen LogP contribution is -2.37. The van der Waals surface area contributed by atoms with Gasteiger partial charge in [-0.1, -0.05) is 29.3 Å². The number of fused-ring (bicyclic) bond motifs is 1. The van der Waals surface area contributed by atoms with Gasteiger partial charge in [-0.2, -0.15) is 0 Å². The quantitative estimate of drug-likeness (QED) is 0.568. The van der Waals surface area contributed by atoms with Gasteiger partial charge in [0.15, 0.2) is 0 Å². The summed E-state index contributed by atoms with van der Waals surface area (Å²) in [5.74, 6) is 0.455. The predicted molar refractivity (Wildman–Crippen MR) is 104 cm³/mol. The van der Waals surface area contributed by atoms with Crippen molar-refractivity contribution in [3.63, 3.8) is 0 Å². The van der Waals surface area contributed by atoms with Gasteiger partial charge in [-0.05, 0) is 49.2 Å². The summed E-state index contributed by atoms with van der Waals surface area (Å²) in [6.07, 6.45) is 1.86. The van der Waals surface area contributed by atoms with Crippen LogP contribution in [0.1, 0.15) is 34.1 Å². The van der Waals surface area contributed by atoms with Crippen molar-refractivity contribution in [3.05, 3.63) is 63.1 Å². The zero-order chi connectivity index (χ0) is 17.4. The maximum Gasteiger partial charge on any atom is 0.253 e. The van der Waals surface area contributed by atoms with Crippen LogP contribution in [-0.2, 0) is 0 Å². The number of likely N-dealkylation sites (tertiary alicyclic amines) is 1. The molecular formula is C19H16Cl2N2OS. The summed E-state index contributed by atoms with van der Waals surface area (Å²) in [6.45, 7) is 1.49. The highest BCUT2D eigenvalue weighted by Gasteiger charge is 2.26. The van der Waals surface area contributed by atoms with Crippen molar-refractivity contribution >= 4 is 50.7 Å². The number of hydrogen-bond acceptors (Lipinski definition) is 3. The van der Waals surface area contributed by atoms with Gasteiger partial charge < -0.3 is 4.90 Å². The lowest BCUT2D eigenvalue weighted by molar-refractivity contribution is 0.0713. The van der Waals surface area contributed by atoms with E-state index in [4.69, 9.17) is 28.2 Å². The number of carbonyl (C=O) groups excluding carboxylic acids is 1. The molecule has 1 amide bonds. The van der Waals surface area contributed by atoms with Crippen molar-refractivity contribution in [1.82, 2.24) is 9.88 Å². The molecule has 0 atom stereocenters. The van der Waals surface area contributed by atoms with Crippen LogP contribution in [0.25, 0.3) is 10.2 Å². The minimum absolute atomic E-state index is 0.0528. The first kappa shape index (κ1) is 16.8. The van der Waals surface area contributed by atoms with E-state index in [0.29, 0.717) is 21.5 Å². The molecule has 2 aromatic carbocycles. The fourth-order valence-electron chi connectivity index (χ4n) is 3.23. The maximum absolute atomic E-state index is 12.6. The molecule has 25 heavy (non-hydrogen) atoms. The Morgan fingerprint density at radius 3 is 2.60 bits per heavy atom. The summed E-state index contributed by atoms with van der Waals surface area (Å²) >= 11 is 13.8. The molecule has 3 aromatic rings. The molecule has 0 N–H and O–H groups in total. The normalized spacial score (nSPS) is 15.7. The Morgan fingerprint density at radius 2 is 1.84 bits per heavy atom. The minimum atomic E-state index is 0.0528. The summed E-state index contributed by atoms with van der Waals surface area (Å²) < 4.78 is 1.16. The van der Waals surface area contributed by atoms with E-state index >= 15 is 0 Å². The lowest BCUT2D eigenvalue weighted by atomic mass is 9.97. The van der Waals surface area contributed by atoms with E-state index < -0.39 is 0 Å². The zero-order valence-electron chi connectivity index (χ0n) is 13.4. The highest BCUT2D eigenvalue weighted by atomic mass is 35.5. The summed E-state index contributed by atoms with van der Waals surface area (Å²) in [5, 5.41) is 2.45. The van der Waals surface area contributed by atoms with Crippen molar-refractivity contribution in [3.8, 4) is 0 Å². The molecule has 1 aliphatic rings. The van der Waals surface area contributed by atoms with Gasteiger partial charge >= 0.3 is 0 Å². The molecular weight excluding hydrogens is 375 g/mol. The average molecular weight is 391 g/mol. The topological polar surface area (TPSA) is 33.2 Å². The summed E-state index contributed by atoms with van der Waals surface area (Å²) in [6, 6.07) is 13.0. The van der Waals surface area contributed by atoms with Gasteiger partial charge in [-0.3, -0.25) is 4.79 Å². The van der Waals surface area contributed by atoms with Crippen LogP contribution >= 0.6 is 34.5 Å². The summed E-state index contributed by atoms with van der Waals surface area (Å²) in [4.78, 5) is 19.3. The number of halogens is 2. The van der Waals surface area contributed by atoms with E-state index in [2.05, 4.69) is 0 Å². The first-order chi connectivity index (χ1) is 12.1. The molecule has 0 radical (unpaired) electrons. The predicted octanol–water partition coefficient (Wildman–Crippen LogP) is 5.62. The molecule has 2 heterocycles. The van der Waals surface area contributed by atoms with E-state index in [-0.39, 0.29) is 5.91 Å². The van der Waals surface area contributed by atoms with E-state index in [0.717, 1.165) is 41.2 Å². The number of carbonyl (C=O) groups is 1. The third-order valence-corrected chi connectivity index (χ3v) is 6.24. The molecule has 3 nitrogen and oxygen atoms in total. The molecule has 0 aliphatic carbocycles. The third kappa shape index (κ3) is 3.52. The van der Waals surface area contributed by atoms with Crippen LogP contribution in [0.2, 0.25) is 10.0 Å². The van der Waals surface area contributed by atoms with Gasteiger partial charge in [0.2, 0.25) is 0 Å². The second kappa shape index (κ2) is 6.94. The van der Waals surface area contributed by atoms with Crippen molar-refractivity contribution in [2.24, 2.45) is 0 Å². The van der Waals surface area contributed by atoms with Crippen LogP contribution in [0.3, 0.4) is 0 Å². The Bertz CT molecular complexity index is 932. The summed E-state index contributed by atoms with van der Waals surface area (Å²) in [5.41, 5.74) is 1.62. The van der Waals surface area contributed by atoms with E-state index in [9.17, 15) is 4.79 Å². The number of hydrogen-bond donors (Lipinski definition) is 0. The van der Waals surface area contributed by atoms with Gasteiger partial charge in [0.05, 0.1) is 15.2 Å². The number of rotatable bonds is 2. The highest BCUT2D eigenvalue weighted by Crippen LogP contribution is 2.35. The second-order valence-corrected chi connectivity index (χ2v) is 8.18. The molecule has 0 unspecified atom stereocenters. The van der Waals surface area contributed by atoms with Crippen LogP contribution in [0.15, 0.2) is 42.5 Å². The van der Waals surface area contributed by atoms with Gasteiger partial charge in [0.25, 0.3) is 5.91 Å². The van der Waals surface area contributed by atoms with Crippen molar-refractivity contribution < 1.29 is 4.79 Å². The Balaban J connectivity index is 1.46. The molecule has 1 aromatic heterocycles. The number of piperidine rings is 1. The van der Waals surface area contributed by atoms with Gasteiger partial charge in [-0.25, -0.2) is 4.98 Å². The van der Waals surface area contributed by atoms with Crippen LogP contribution in [0, 0.1) is 0 Å². The Morgan fingerprint density at radius 1 is 1.08 bits per heavy atom. The molecule has 128 valence electrons. The molecule has 0 saturated carbocycles. The van der Waals surface area contributed by atoms with Crippen LogP contribution < -0.4 is 0 Å². The molecule has 1 aliphatic heterocycles. The number of aromatic nitrogens is 1. The zero-order valence-corrected chi connectivity index (χ0v) is 15.7. The number of benzene rings is 2. The van der Waals surface area contributed by atoms with E-state index in [1.54, 1.807) is 23.5 Å². The third-order valence-electron chi connectivity index (χ3n) is 4.57. The van der Waals surface area contributed by atoms with Gasteiger partial charge in [-0.15, -0.1) is 11.3 Å². The van der Waals surface area contributed by atoms with Crippen molar-refractivity contribution in [1.29, 1.82) is 0 Å². The molecule has 6 heteroatoms. The smallest absolute Gasteiger partial charge is 0.253 e. The Labute approximate surface area is 160 Å². The maximum atomic E-state index is 12.6. The van der Waals surface area contributed by atoms with E-state index in [1.165, 1.54) is 0 Å². The van der Waals surface area contributed by atoms with Crippen LogP contribution in [-0.4, -0.2) is 28.9 Å². The number of nitrogens with zero attached hydrogens (tertiary/aromatic N) is 2. The second-order valence-electron chi connectivity index (χ2n) is 6.24. The van der Waals surface area contributed by atoms with Gasteiger partial charge in [0.1, 0.15) is 0 Å². The molecule has 0 bridgehead atoms. The molecule has 1 saturated heterocycles. The minimum Gasteiger partial charge on any atom is -0.339 e. The molecule has 1 fully saturated rings. The number of amides is 1. The standard InChI is InChI=1S/C19H16Cl2N2OS/c20-14-3-1-2-13(10-14)19(24)23-8-6-12(7-9-23)18-22-16-11-15(21)4-5-17(16)25-18/h1-5,10-12H,6-9H2. The first-order valence-electron chi connectivity index (χ1n) is 8.21. The first-order valence-corrected chi connectivity index (χ1v) is 9.78. The monoisotopic (exact) mass is 390 g/mol. The Hall–Kier alpha value is -1.62. The highest BCUT2D eigenvalue weighted by molar-refractivity contribution is 7.18. The van der Waals surface area contributed by atoms with Gasteiger partial charge in [0, 0.05) is 34.6 Å². The SMILES string of the molecule is O=C(c1cccc(Cl)c1)N1CCC(c2nc3cc(Cl)ccc3s2)CC1. The Kier molecular flexibility index (Phi) is 4.67. The molecule has 4 rings (SSSR count). The fourth-order valence-corrected chi connectivity index (χ4v) is 4.70. The van der Waals surface area contributed by atoms with Crippen LogP contribution in [0.5, 0.6) is 0 Å². The number of thiazole rings is 1. The fraction of sp³-hybridized carbons (Fsp3) is 0.263. The lowest BCUT2D eigenvalue weighted by Gasteiger charge is -2.31. The summed E-state index contributed by atoms with van der Waals surface area (Å²) in [7, 11) is 0. The van der Waals surface area contributed by atoms with E-state index in [1.807, 2.05) is 35.2 Å². The average Bonchev–Trinajstić information content (AvgIpc) is 3.04. The van der Waals surface area contributed by atoms with Crippen molar-refractivity contribution in [2.45, 2.75) is 18.8 Å². The van der Waals surface area contributed by atoms with Crippen molar-refractivity contribution in [2.75, 3.05) is 13.1 Å².